The first-order valence-corrected chi connectivity index (χ1v) is 6.39. The molecule has 1 atom stereocenters. The van der Waals surface area contributed by atoms with Crippen LogP contribution in [-0.4, -0.2) is 28.7 Å². The van der Waals surface area contributed by atoms with Gasteiger partial charge in [0.25, 0.3) is 0 Å². The van der Waals surface area contributed by atoms with Gasteiger partial charge in [-0.25, -0.2) is 0 Å². The predicted molar refractivity (Wildman–Crippen MR) is 67.1 cm³/mol. The third kappa shape index (κ3) is 1.49. The van der Waals surface area contributed by atoms with Crippen LogP contribution in [0.1, 0.15) is 12.8 Å². The van der Waals surface area contributed by atoms with Gasteiger partial charge < -0.3 is 10.0 Å². The molecule has 0 bridgehead atoms. The minimum absolute atomic E-state index is 0.228. The highest BCUT2D eigenvalue weighted by Crippen LogP contribution is 2.33. The maximum Gasteiger partial charge on any atom is 0.150 e. The van der Waals surface area contributed by atoms with Crippen LogP contribution < -0.4 is 4.90 Å². The Bertz CT molecular complexity index is 496. The van der Waals surface area contributed by atoms with Crippen molar-refractivity contribution in [1.29, 1.82) is 0 Å². The summed E-state index contributed by atoms with van der Waals surface area (Å²) in [7, 11) is 0. The summed E-state index contributed by atoms with van der Waals surface area (Å²) in [4.78, 5) is 2.25. The van der Waals surface area contributed by atoms with E-state index in [1.54, 1.807) is 11.5 Å². The van der Waals surface area contributed by atoms with Crippen molar-refractivity contribution in [3.05, 3.63) is 24.3 Å². The van der Waals surface area contributed by atoms with Crippen LogP contribution in [0.5, 0.6) is 0 Å². The zero-order valence-corrected chi connectivity index (χ0v) is 9.78. The van der Waals surface area contributed by atoms with Gasteiger partial charge in [-0.05, 0) is 36.5 Å². The van der Waals surface area contributed by atoms with E-state index in [1.165, 1.54) is 10.1 Å². The standard InChI is InChI=1S/C12H14N2OS/c15-8-9-4-3-7-14(9)12-10-5-1-2-6-11(10)16-13-12/h1-2,5-6,9,15H,3-4,7-8H2/t9-/m1/s1. The topological polar surface area (TPSA) is 36.4 Å². The number of hydrogen-bond acceptors (Lipinski definition) is 4. The fraction of sp³-hybridized carbons (Fsp3) is 0.417. The van der Waals surface area contributed by atoms with Crippen LogP contribution in [0.2, 0.25) is 0 Å². The zero-order chi connectivity index (χ0) is 11.0. The normalized spacial score (nSPS) is 20.8. The maximum atomic E-state index is 9.34. The Kier molecular flexibility index (Phi) is 2.53. The van der Waals surface area contributed by atoms with Gasteiger partial charge in [0, 0.05) is 11.9 Å². The molecule has 16 heavy (non-hydrogen) atoms. The van der Waals surface area contributed by atoms with E-state index in [4.69, 9.17) is 0 Å². The quantitative estimate of drug-likeness (QED) is 0.866. The lowest BCUT2D eigenvalue weighted by Crippen LogP contribution is -2.32. The van der Waals surface area contributed by atoms with E-state index in [0.29, 0.717) is 0 Å². The maximum absolute atomic E-state index is 9.34. The van der Waals surface area contributed by atoms with E-state index in [-0.39, 0.29) is 12.6 Å². The van der Waals surface area contributed by atoms with E-state index in [9.17, 15) is 5.11 Å². The van der Waals surface area contributed by atoms with Gasteiger partial charge in [0.2, 0.25) is 0 Å². The first-order valence-electron chi connectivity index (χ1n) is 5.62. The van der Waals surface area contributed by atoms with Crippen LogP contribution in [0, 0.1) is 0 Å². The summed E-state index contributed by atoms with van der Waals surface area (Å²) in [6.07, 6.45) is 2.22. The molecule has 0 aliphatic carbocycles. The monoisotopic (exact) mass is 234 g/mol. The van der Waals surface area contributed by atoms with Crippen molar-refractivity contribution >= 4 is 27.4 Å². The van der Waals surface area contributed by atoms with Crippen LogP contribution in [0.15, 0.2) is 24.3 Å². The highest BCUT2D eigenvalue weighted by atomic mass is 32.1. The lowest BCUT2D eigenvalue weighted by Gasteiger charge is -2.22. The van der Waals surface area contributed by atoms with Crippen molar-refractivity contribution in [1.82, 2.24) is 4.37 Å². The molecule has 3 rings (SSSR count). The first-order chi connectivity index (χ1) is 7.90. The van der Waals surface area contributed by atoms with Crippen molar-refractivity contribution in [3.63, 3.8) is 0 Å². The summed E-state index contributed by atoms with van der Waals surface area (Å²) in [5, 5.41) is 10.6. The molecule has 0 spiro atoms. The predicted octanol–water partition coefficient (Wildman–Crippen LogP) is 2.26. The third-order valence-corrected chi connectivity index (χ3v) is 4.04. The van der Waals surface area contributed by atoms with Gasteiger partial charge >= 0.3 is 0 Å². The summed E-state index contributed by atoms with van der Waals surface area (Å²) < 4.78 is 5.76. The van der Waals surface area contributed by atoms with Crippen LogP contribution >= 0.6 is 11.5 Å². The van der Waals surface area contributed by atoms with Gasteiger partial charge in [-0.3, -0.25) is 0 Å². The molecule has 1 fully saturated rings. The fourth-order valence-corrected chi connectivity index (χ4v) is 3.17. The lowest BCUT2D eigenvalue weighted by molar-refractivity contribution is 0.266. The number of aromatic nitrogens is 1. The van der Waals surface area contributed by atoms with Crippen LogP contribution in [0.3, 0.4) is 0 Å². The highest BCUT2D eigenvalue weighted by molar-refractivity contribution is 7.13. The number of anilines is 1. The molecule has 1 aliphatic rings. The SMILES string of the molecule is OC[C@H]1CCCN1c1nsc2ccccc12. The smallest absolute Gasteiger partial charge is 0.150 e. The van der Waals surface area contributed by atoms with Gasteiger partial charge in [0.15, 0.2) is 0 Å². The second-order valence-electron chi connectivity index (χ2n) is 4.17. The molecular formula is C12H14N2OS. The molecule has 1 saturated heterocycles. The molecule has 2 heterocycles. The largest absolute Gasteiger partial charge is 0.394 e. The molecule has 1 aromatic carbocycles. The molecule has 1 aromatic heterocycles. The van der Waals surface area contributed by atoms with E-state index in [0.717, 1.165) is 25.2 Å². The summed E-state index contributed by atoms with van der Waals surface area (Å²) in [6.45, 7) is 1.24. The number of benzene rings is 1. The van der Waals surface area contributed by atoms with Gasteiger partial charge in [-0.2, -0.15) is 4.37 Å². The Morgan fingerprint density at radius 2 is 2.31 bits per heavy atom. The average molecular weight is 234 g/mol. The van der Waals surface area contributed by atoms with E-state index in [1.807, 2.05) is 12.1 Å². The summed E-state index contributed by atoms with van der Waals surface area (Å²) in [6, 6.07) is 8.55. The molecule has 0 saturated carbocycles. The number of hydrogen-bond donors (Lipinski definition) is 1. The molecule has 0 unspecified atom stereocenters. The van der Waals surface area contributed by atoms with Crippen molar-refractivity contribution in [3.8, 4) is 0 Å². The summed E-state index contributed by atoms with van der Waals surface area (Å²) in [5.41, 5.74) is 0. The Labute approximate surface area is 98.5 Å². The Morgan fingerprint density at radius 3 is 3.19 bits per heavy atom. The third-order valence-electron chi connectivity index (χ3n) is 3.22. The molecular weight excluding hydrogens is 220 g/mol. The average Bonchev–Trinajstić information content (AvgIpc) is 2.94. The first kappa shape index (κ1) is 10.1. The molecule has 2 aromatic rings. The number of rotatable bonds is 2. The number of fused-ring (bicyclic) bond motifs is 1. The van der Waals surface area contributed by atoms with Gasteiger partial charge in [0.05, 0.1) is 17.3 Å². The molecule has 3 nitrogen and oxygen atoms in total. The molecule has 84 valence electrons. The Hall–Kier alpha value is -1.13. The lowest BCUT2D eigenvalue weighted by atomic mass is 10.2. The van der Waals surface area contributed by atoms with E-state index in [2.05, 4.69) is 21.4 Å². The molecule has 0 amide bonds. The van der Waals surface area contributed by atoms with Gasteiger partial charge in [-0.15, -0.1) is 0 Å². The molecule has 4 heteroatoms. The Morgan fingerprint density at radius 1 is 1.44 bits per heavy atom. The van der Waals surface area contributed by atoms with Crippen molar-refractivity contribution in [2.24, 2.45) is 0 Å². The second-order valence-corrected chi connectivity index (χ2v) is 4.98. The van der Waals surface area contributed by atoms with Crippen molar-refractivity contribution in [2.75, 3.05) is 18.1 Å². The zero-order valence-electron chi connectivity index (χ0n) is 8.97. The number of aliphatic hydroxyl groups is 1. The Balaban J connectivity index is 2.05. The number of nitrogens with zero attached hydrogens (tertiary/aromatic N) is 2. The van der Waals surface area contributed by atoms with Crippen LogP contribution in [0.4, 0.5) is 5.82 Å². The van der Waals surface area contributed by atoms with E-state index >= 15 is 0 Å². The fourth-order valence-electron chi connectivity index (χ4n) is 2.38. The van der Waals surface area contributed by atoms with Crippen LogP contribution in [0.25, 0.3) is 10.1 Å². The van der Waals surface area contributed by atoms with Crippen molar-refractivity contribution in [2.45, 2.75) is 18.9 Å². The van der Waals surface area contributed by atoms with Gasteiger partial charge in [0.1, 0.15) is 5.82 Å². The summed E-state index contributed by atoms with van der Waals surface area (Å²) >= 11 is 1.54. The van der Waals surface area contributed by atoms with Crippen molar-refractivity contribution < 1.29 is 5.11 Å². The minimum Gasteiger partial charge on any atom is -0.394 e. The molecule has 1 N–H and O–H groups in total. The number of aliphatic hydroxyl groups excluding tert-OH is 1. The van der Waals surface area contributed by atoms with E-state index < -0.39 is 0 Å². The van der Waals surface area contributed by atoms with Crippen LogP contribution in [-0.2, 0) is 0 Å². The molecule has 1 aliphatic heterocycles. The molecule has 0 radical (unpaired) electrons. The minimum atomic E-state index is 0.228. The second kappa shape index (κ2) is 4.03. The highest BCUT2D eigenvalue weighted by Gasteiger charge is 2.26. The summed E-state index contributed by atoms with van der Waals surface area (Å²) in [5.74, 6) is 1.05. The van der Waals surface area contributed by atoms with Gasteiger partial charge in [-0.1, -0.05) is 12.1 Å².